The Morgan fingerprint density at radius 1 is 1.44 bits per heavy atom. The van der Waals surface area contributed by atoms with Crippen LogP contribution in [0.5, 0.6) is 5.75 Å². The summed E-state index contributed by atoms with van der Waals surface area (Å²) in [7, 11) is 1.75. The van der Waals surface area contributed by atoms with Gasteiger partial charge < -0.3 is 4.74 Å². The summed E-state index contributed by atoms with van der Waals surface area (Å²) in [5.41, 5.74) is 2.84. The molecule has 0 aromatic heterocycles. The average Bonchev–Trinajstić information content (AvgIpc) is 2.81. The van der Waals surface area contributed by atoms with Crippen molar-refractivity contribution in [2.24, 2.45) is 5.92 Å². The standard InChI is InChI=1S/C15H18N2O/c1-18-15-4-2-3-12-13(15)6-5-11-9-17(8-7-16)10-14(11)12/h2-4,11,14H,5-6,8-10H2,1H3/t11-,14+/m1/s1. The Labute approximate surface area is 108 Å². The Bertz CT molecular complexity index is 492. The molecule has 0 radical (unpaired) electrons. The van der Waals surface area contributed by atoms with Crippen molar-refractivity contribution in [1.29, 1.82) is 5.26 Å². The molecule has 3 nitrogen and oxygen atoms in total. The van der Waals surface area contributed by atoms with Crippen molar-refractivity contribution in [3.63, 3.8) is 0 Å². The quantitative estimate of drug-likeness (QED) is 0.746. The summed E-state index contributed by atoms with van der Waals surface area (Å²) >= 11 is 0. The molecule has 1 fully saturated rings. The Balaban J connectivity index is 1.92. The third kappa shape index (κ3) is 1.77. The minimum Gasteiger partial charge on any atom is -0.496 e. The molecule has 0 unspecified atom stereocenters. The molecule has 1 saturated heterocycles. The molecular formula is C15H18N2O. The summed E-state index contributed by atoms with van der Waals surface area (Å²) in [6.07, 6.45) is 2.33. The molecule has 2 atom stereocenters. The predicted octanol–water partition coefficient (Wildman–Crippen LogP) is 2.18. The number of benzene rings is 1. The first kappa shape index (κ1) is 11.6. The maximum Gasteiger partial charge on any atom is 0.122 e. The SMILES string of the molecule is COc1cccc2c1CC[C@@H]1CN(CC#N)C[C@H]21. The molecule has 0 saturated carbocycles. The lowest BCUT2D eigenvalue weighted by atomic mass is 9.77. The Kier molecular flexibility index (Phi) is 2.97. The molecule has 1 aromatic rings. The van der Waals surface area contributed by atoms with E-state index in [0.29, 0.717) is 12.5 Å². The number of nitriles is 1. The summed E-state index contributed by atoms with van der Waals surface area (Å²) in [5, 5.41) is 8.83. The van der Waals surface area contributed by atoms with E-state index in [9.17, 15) is 0 Å². The number of likely N-dealkylation sites (tertiary alicyclic amines) is 1. The molecule has 3 heteroatoms. The van der Waals surface area contributed by atoms with Gasteiger partial charge in [0.15, 0.2) is 0 Å². The molecule has 94 valence electrons. The van der Waals surface area contributed by atoms with Crippen LogP contribution in [0.4, 0.5) is 0 Å². The highest BCUT2D eigenvalue weighted by Gasteiger charge is 2.37. The highest BCUT2D eigenvalue weighted by atomic mass is 16.5. The van der Waals surface area contributed by atoms with Crippen molar-refractivity contribution in [2.45, 2.75) is 18.8 Å². The van der Waals surface area contributed by atoms with E-state index in [4.69, 9.17) is 10.00 Å². The Morgan fingerprint density at radius 2 is 2.33 bits per heavy atom. The van der Waals surface area contributed by atoms with E-state index in [1.807, 2.05) is 0 Å². The first-order chi connectivity index (χ1) is 8.83. The van der Waals surface area contributed by atoms with Gasteiger partial charge in [0.1, 0.15) is 5.75 Å². The lowest BCUT2D eigenvalue weighted by Gasteiger charge is -2.28. The Hall–Kier alpha value is -1.53. The van der Waals surface area contributed by atoms with E-state index >= 15 is 0 Å². The topological polar surface area (TPSA) is 36.3 Å². The maximum atomic E-state index is 8.83. The fourth-order valence-corrected chi connectivity index (χ4v) is 3.55. The molecule has 0 amide bonds. The van der Waals surface area contributed by atoms with Crippen LogP contribution in [0.1, 0.15) is 23.5 Å². The molecule has 0 N–H and O–H groups in total. The van der Waals surface area contributed by atoms with Gasteiger partial charge >= 0.3 is 0 Å². The average molecular weight is 242 g/mol. The second-order valence-corrected chi connectivity index (χ2v) is 5.29. The van der Waals surface area contributed by atoms with Gasteiger partial charge in [-0.3, -0.25) is 4.90 Å². The van der Waals surface area contributed by atoms with Crippen LogP contribution in [-0.4, -0.2) is 31.6 Å². The zero-order valence-electron chi connectivity index (χ0n) is 10.7. The van der Waals surface area contributed by atoms with Crippen LogP contribution in [0.25, 0.3) is 0 Å². The zero-order chi connectivity index (χ0) is 12.5. The Morgan fingerprint density at radius 3 is 3.11 bits per heavy atom. The van der Waals surface area contributed by atoms with Gasteiger partial charge in [0.2, 0.25) is 0 Å². The number of ether oxygens (including phenoxy) is 1. The lowest BCUT2D eigenvalue weighted by Crippen LogP contribution is -2.20. The summed E-state index contributed by atoms with van der Waals surface area (Å²) in [5.74, 6) is 2.35. The zero-order valence-corrected chi connectivity index (χ0v) is 10.7. The maximum absolute atomic E-state index is 8.83. The molecule has 0 bridgehead atoms. The fourth-order valence-electron chi connectivity index (χ4n) is 3.55. The molecule has 3 rings (SSSR count). The summed E-state index contributed by atoms with van der Waals surface area (Å²) in [4.78, 5) is 2.28. The molecule has 1 aliphatic heterocycles. The molecule has 18 heavy (non-hydrogen) atoms. The van der Waals surface area contributed by atoms with Crippen LogP contribution in [0, 0.1) is 17.2 Å². The van der Waals surface area contributed by atoms with Crippen LogP contribution < -0.4 is 4.74 Å². The van der Waals surface area contributed by atoms with E-state index < -0.39 is 0 Å². The van der Waals surface area contributed by atoms with Crippen LogP contribution in [0.15, 0.2) is 18.2 Å². The van der Waals surface area contributed by atoms with E-state index in [0.717, 1.165) is 31.2 Å². The van der Waals surface area contributed by atoms with Gasteiger partial charge in [-0.25, -0.2) is 0 Å². The van der Waals surface area contributed by atoms with Crippen molar-refractivity contribution in [1.82, 2.24) is 4.90 Å². The fraction of sp³-hybridized carbons (Fsp3) is 0.533. The molecule has 0 spiro atoms. The van der Waals surface area contributed by atoms with Crippen molar-refractivity contribution in [3.8, 4) is 11.8 Å². The van der Waals surface area contributed by atoms with Crippen LogP contribution in [-0.2, 0) is 6.42 Å². The number of nitrogens with zero attached hydrogens (tertiary/aromatic N) is 2. The van der Waals surface area contributed by atoms with Crippen LogP contribution >= 0.6 is 0 Å². The van der Waals surface area contributed by atoms with E-state index in [1.54, 1.807) is 7.11 Å². The van der Waals surface area contributed by atoms with Gasteiger partial charge in [0.25, 0.3) is 0 Å². The van der Waals surface area contributed by atoms with Crippen LogP contribution in [0.2, 0.25) is 0 Å². The molecular weight excluding hydrogens is 224 g/mol. The van der Waals surface area contributed by atoms with Crippen molar-refractivity contribution in [2.75, 3.05) is 26.7 Å². The third-order valence-electron chi connectivity index (χ3n) is 4.36. The monoisotopic (exact) mass is 242 g/mol. The number of fused-ring (bicyclic) bond motifs is 3. The van der Waals surface area contributed by atoms with Crippen molar-refractivity contribution in [3.05, 3.63) is 29.3 Å². The first-order valence-corrected chi connectivity index (χ1v) is 6.58. The third-order valence-corrected chi connectivity index (χ3v) is 4.36. The summed E-state index contributed by atoms with van der Waals surface area (Å²) < 4.78 is 5.47. The van der Waals surface area contributed by atoms with Crippen molar-refractivity contribution < 1.29 is 4.74 Å². The highest BCUT2D eigenvalue weighted by Crippen LogP contribution is 2.43. The molecule has 1 aliphatic carbocycles. The van der Waals surface area contributed by atoms with Gasteiger partial charge in [-0.15, -0.1) is 0 Å². The normalized spacial score (nSPS) is 26.2. The van der Waals surface area contributed by atoms with Gasteiger partial charge in [-0.2, -0.15) is 5.26 Å². The summed E-state index contributed by atoms with van der Waals surface area (Å²) in [6, 6.07) is 8.65. The van der Waals surface area contributed by atoms with E-state index in [1.165, 1.54) is 17.5 Å². The minimum absolute atomic E-state index is 0.562. The second kappa shape index (κ2) is 4.62. The van der Waals surface area contributed by atoms with Crippen molar-refractivity contribution >= 4 is 0 Å². The highest BCUT2D eigenvalue weighted by molar-refractivity contribution is 5.44. The first-order valence-electron chi connectivity index (χ1n) is 6.58. The van der Waals surface area contributed by atoms with Gasteiger partial charge in [-0.05, 0) is 36.0 Å². The van der Waals surface area contributed by atoms with Gasteiger partial charge in [0, 0.05) is 19.0 Å². The smallest absolute Gasteiger partial charge is 0.122 e. The number of rotatable bonds is 2. The number of hydrogen-bond donors (Lipinski definition) is 0. The van der Waals surface area contributed by atoms with E-state index in [2.05, 4.69) is 29.2 Å². The largest absolute Gasteiger partial charge is 0.496 e. The molecule has 2 aliphatic rings. The van der Waals surface area contributed by atoms with Gasteiger partial charge in [0.05, 0.1) is 19.7 Å². The predicted molar refractivity (Wildman–Crippen MR) is 69.6 cm³/mol. The van der Waals surface area contributed by atoms with Crippen LogP contribution in [0.3, 0.4) is 0 Å². The summed E-state index contributed by atoms with van der Waals surface area (Å²) in [6.45, 7) is 2.67. The molecule has 1 aromatic carbocycles. The van der Waals surface area contributed by atoms with E-state index in [-0.39, 0.29) is 0 Å². The molecule has 1 heterocycles. The lowest BCUT2D eigenvalue weighted by molar-refractivity contribution is 0.356. The number of hydrogen-bond acceptors (Lipinski definition) is 3. The minimum atomic E-state index is 0.562. The number of methoxy groups -OCH3 is 1. The van der Waals surface area contributed by atoms with Gasteiger partial charge in [-0.1, -0.05) is 12.1 Å². The second-order valence-electron chi connectivity index (χ2n) is 5.29.